The van der Waals surface area contributed by atoms with Gasteiger partial charge in [-0.1, -0.05) is 41.9 Å². The molecule has 1 atom stereocenters. The molecular formula is C25H24ClN3O4S. The number of carbonyl (C=O) groups excluding carboxylic acids is 1. The van der Waals surface area contributed by atoms with Crippen LogP contribution in [0.4, 0.5) is 11.4 Å². The number of piperazine rings is 1. The van der Waals surface area contributed by atoms with Crippen LogP contribution in [0, 0.1) is 0 Å². The summed E-state index contributed by atoms with van der Waals surface area (Å²) in [5.41, 5.74) is 1.54. The minimum Gasteiger partial charge on any atom is -0.476 e. The number of nitrogens with zero attached hydrogens (tertiary/aromatic N) is 3. The Kier molecular flexibility index (Phi) is 6.10. The van der Waals surface area contributed by atoms with Gasteiger partial charge in [-0.15, -0.1) is 0 Å². The predicted molar refractivity (Wildman–Crippen MR) is 132 cm³/mol. The summed E-state index contributed by atoms with van der Waals surface area (Å²) < 4.78 is 34.3. The van der Waals surface area contributed by atoms with Crippen LogP contribution in [-0.4, -0.2) is 58.1 Å². The molecule has 0 spiro atoms. The molecule has 7 nitrogen and oxygen atoms in total. The molecule has 0 aliphatic carbocycles. The number of carbonyl (C=O) groups is 1. The summed E-state index contributed by atoms with van der Waals surface area (Å²) in [6.45, 7) is 2.38. The molecule has 1 saturated heterocycles. The van der Waals surface area contributed by atoms with Crippen molar-refractivity contribution < 1.29 is 17.9 Å². The number of halogens is 1. The standard InChI is InChI=1S/C25H24ClN3O4S/c26-19-10-12-21(13-11-19)34(31,32)29-18-24(33-23-9-5-4-8-22(23)29)25(30)28-16-14-27(15-17-28)20-6-2-1-3-7-20/h1-13,24H,14-18H2/t24-/m0/s1. The normalized spacial score (nSPS) is 18.3. The minimum atomic E-state index is -3.92. The average Bonchev–Trinajstić information content (AvgIpc) is 2.88. The first-order chi connectivity index (χ1) is 16.4. The van der Waals surface area contributed by atoms with Crippen LogP contribution in [0.2, 0.25) is 5.02 Å². The number of anilines is 2. The number of hydrogen-bond donors (Lipinski definition) is 0. The highest BCUT2D eigenvalue weighted by atomic mass is 35.5. The average molecular weight is 498 g/mol. The lowest BCUT2D eigenvalue weighted by Crippen LogP contribution is -2.56. The van der Waals surface area contributed by atoms with Gasteiger partial charge in [-0.05, 0) is 48.5 Å². The maximum Gasteiger partial charge on any atom is 0.265 e. The monoisotopic (exact) mass is 497 g/mol. The first-order valence-electron chi connectivity index (χ1n) is 11.1. The SMILES string of the molecule is O=C([C@@H]1CN(S(=O)(=O)c2ccc(Cl)cc2)c2ccccc2O1)N1CCN(c2ccccc2)CC1. The molecule has 0 aromatic heterocycles. The first kappa shape index (κ1) is 22.6. The second kappa shape index (κ2) is 9.19. The van der Waals surface area contributed by atoms with E-state index in [2.05, 4.69) is 17.0 Å². The molecular weight excluding hydrogens is 474 g/mol. The molecule has 0 bridgehead atoms. The Bertz CT molecular complexity index is 1280. The zero-order chi connectivity index (χ0) is 23.7. The van der Waals surface area contributed by atoms with Gasteiger partial charge >= 0.3 is 0 Å². The Morgan fingerprint density at radius 3 is 2.21 bits per heavy atom. The third kappa shape index (κ3) is 4.31. The molecule has 0 radical (unpaired) electrons. The highest BCUT2D eigenvalue weighted by Crippen LogP contribution is 2.37. The zero-order valence-corrected chi connectivity index (χ0v) is 20.0. The van der Waals surface area contributed by atoms with Gasteiger partial charge in [-0.3, -0.25) is 9.10 Å². The van der Waals surface area contributed by atoms with Crippen molar-refractivity contribution in [1.82, 2.24) is 4.90 Å². The smallest absolute Gasteiger partial charge is 0.265 e. The fraction of sp³-hybridized carbons (Fsp3) is 0.240. The molecule has 2 aliphatic heterocycles. The lowest BCUT2D eigenvalue weighted by molar-refractivity contribution is -0.138. The van der Waals surface area contributed by atoms with E-state index in [9.17, 15) is 13.2 Å². The van der Waals surface area contributed by atoms with Gasteiger partial charge in [0.25, 0.3) is 15.9 Å². The van der Waals surface area contributed by atoms with Crippen LogP contribution in [0.15, 0.2) is 83.8 Å². The van der Waals surface area contributed by atoms with Crippen LogP contribution in [0.1, 0.15) is 0 Å². The van der Waals surface area contributed by atoms with Crippen molar-refractivity contribution >= 4 is 38.9 Å². The number of para-hydroxylation sites is 3. The molecule has 5 rings (SSSR count). The molecule has 34 heavy (non-hydrogen) atoms. The van der Waals surface area contributed by atoms with Crippen molar-refractivity contribution in [2.45, 2.75) is 11.0 Å². The Hall–Kier alpha value is -3.23. The van der Waals surface area contributed by atoms with E-state index in [0.29, 0.717) is 42.6 Å². The second-order valence-corrected chi connectivity index (χ2v) is 10.5. The van der Waals surface area contributed by atoms with E-state index in [-0.39, 0.29) is 17.3 Å². The number of fused-ring (bicyclic) bond motifs is 1. The Balaban J connectivity index is 1.36. The molecule has 3 aromatic rings. The minimum absolute atomic E-state index is 0.0975. The van der Waals surface area contributed by atoms with Gasteiger partial charge in [0.2, 0.25) is 0 Å². The summed E-state index contributed by atoms with van der Waals surface area (Å²) >= 11 is 5.95. The van der Waals surface area contributed by atoms with Gasteiger partial charge in [-0.2, -0.15) is 0 Å². The Morgan fingerprint density at radius 1 is 0.853 bits per heavy atom. The summed E-state index contributed by atoms with van der Waals surface area (Å²) in [5, 5.41) is 0.448. The summed E-state index contributed by atoms with van der Waals surface area (Å²) in [4.78, 5) is 17.5. The van der Waals surface area contributed by atoms with E-state index >= 15 is 0 Å². The van der Waals surface area contributed by atoms with E-state index in [0.717, 1.165) is 5.69 Å². The van der Waals surface area contributed by atoms with Crippen molar-refractivity contribution in [2.24, 2.45) is 0 Å². The number of benzene rings is 3. The quantitative estimate of drug-likeness (QED) is 0.550. The first-order valence-corrected chi connectivity index (χ1v) is 12.9. The van der Waals surface area contributed by atoms with Gasteiger partial charge < -0.3 is 14.5 Å². The Morgan fingerprint density at radius 2 is 1.50 bits per heavy atom. The number of hydrogen-bond acceptors (Lipinski definition) is 5. The third-order valence-corrected chi connectivity index (χ3v) is 8.17. The predicted octanol–water partition coefficient (Wildman–Crippen LogP) is 3.65. The zero-order valence-electron chi connectivity index (χ0n) is 18.4. The van der Waals surface area contributed by atoms with Crippen LogP contribution in [0.3, 0.4) is 0 Å². The molecule has 9 heteroatoms. The summed E-state index contributed by atoms with van der Waals surface area (Å²) in [5.74, 6) is 0.158. The highest BCUT2D eigenvalue weighted by Gasteiger charge is 2.39. The van der Waals surface area contributed by atoms with Crippen LogP contribution in [0.25, 0.3) is 0 Å². The topological polar surface area (TPSA) is 70.2 Å². The van der Waals surface area contributed by atoms with E-state index in [1.165, 1.54) is 28.6 Å². The summed E-state index contributed by atoms with van der Waals surface area (Å²) in [6, 6.07) is 23.0. The number of rotatable bonds is 4. The van der Waals surface area contributed by atoms with Crippen molar-refractivity contribution in [1.29, 1.82) is 0 Å². The molecule has 2 aliphatic rings. The van der Waals surface area contributed by atoms with Gasteiger partial charge in [0.05, 0.1) is 17.1 Å². The van der Waals surface area contributed by atoms with Crippen LogP contribution < -0.4 is 13.9 Å². The van der Waals surface area contributed by atoms with Crippen LogP contribution >= 0.6 is 11.6 Å². The molecule has 3 aromatic carbocycles. The lowest BCUT2D eigenvalue weighted by atomic mass is 10.2. The van der Waals surface area contributed by atoms with E-state index < -0.39 is 16.1 Å². The van der Waals surface area contributed by atoms with E-state index in [1.54, 1.807) is 29.2 Å². The third-order valence-electron chi connectivity index (χ3n) is 6.12. The van der Waals surface area contributed by atoms with Crippen LogP contribution in [-0.2, 0) is 14.8 Å². The molecule has 1 amide bonds. The van der Waals surface area contributed by atoms with Crippen molar-refractivity contribution in [3.05, 3.63) is 83.9 Å². The summed E-state index contributed by atoms with van der Waals surface area (Å²) in [7, 11) is -3.92. The molecule has 1 fully saturated rings. The summed E-state index contributed by atoms with van der Waals surface area (Å²) in [6.07, 6.45) is -0.930. The molecule has 2 heterocycles. The van der Waals surface area contributed by atoms with Gasteiger partial charge in [0, 0.05) is 36.9 Å². The van der Waals surface area contributed by atoms with E-state index in [1.807, 2.05) is 18.2 Å². The highest BCUT2D eigenvalue weighted by molar-refractivity contribution is 7.92. The molecule has 0 N–H and O–H groups in total. The maximum atomic E-state index is 13.5. The second-order valence-electron chi connectivity index (χ2n) is 8.21. The largest absolute Gasteiger partial charge is 0.476 e. The fourth-order valence-electron chi connectivity index (χ4n) is 4.32. The van der Waals surface area contributed by atoms with Crippen molar-refractivity contribution in [2.75, 3.05) is 41.9 Å². The number of ether oxygens (including phenoxy) is 1. The molecule has 0 saturated carbocycles. The lowest BCUT2D eigenvalue weighted by Gasteiger charge is -2.40. The van der Waals surface area contributed by atoms with Gasteiger partial charge in [0.15, 0.2) is 6.10 Å². The van der Waals surface area contributed by atoms with Crippen LogP contribution in [0.5, 0.6) is 5.75 Å². The number of sulfonamides is 1. The fourth-order valence-corrected chi connectivity index (χ4v) is 5.92. The Labute approximate surface area is 204 Å². The van der Waals surface area contributed by atoms with Crippen molar-refractivity contribution in [3.63, 3.8) is 0 Å². The molecule has 0 unspecified atom stereocenters. The molecule has 176 valence electrons. The van der Waals surface area contributed by atoms with Gasteiger partial charge in [-0.25, -0.2) is 8.42 Å². The van der Waals surface area contributed by atoms with Crippen molar-refractivity contribution in [3.8, 4) is 5.75 Å². The number of amides is 1. The van der Waals surface area contributed by atoms with Gasteiger partial charge in [0.1, 0.15) is 5.75 Å². The van der Waals surface area contributed by atoms with E-state index in [4.69, 9.17) is 16.3 Å². The maximum absolute atomic E-state index is 13.5.